The maximum absolute atomic E-state index is 11.4. The van der Waals surface area contributed by atoms with Gasteiger partial charge >= 0.3 is 0 Å². The summed E-state index contributed by atoms with van der Waals surface area (Å²) in [6.45, 7) is 1.80. The van der Waals surface area contributed by atoms with Gasteiger partial charge < -0.3 is 10.3 Å². The van der Waals surface area contributed by atoms with Crippen molar-refractivity contribution in [2.45, 2.75) is 13.0 Å². The molecule has 15 heavy (non-hydrogen) atoms. The van der Waals surface area contributed by atoms with E-state index in [2.05, 4.69) is 14.9 Å². The van der Waals surface area contributed by atoms with E-state index < -0.39 is 16.1 Å². The summed E-state index contributed by atoms with van der Waals surface area (Å²) in [5.41, 5.74) is 5.19. The number of rotatable bonds is 5. The number of sulfonamides is 1. The minimum absolute atomic E-state index is 0.0881. The van der Waals surface area contributed by atoms with E-state index in [4.69, 9.17) is 5.73 Å². The minimum Gasteiger partial charge on any atom is -0.329 e. The number of aromatic nitrogens is 3. The van der Waals surface area contributed by atoms with Crippen molar-refractivity contribution in [1.29, 1.82) is 0 Å². The van der Waals surface area contributed by atoms with E-state index in [0.717, 1.165) is 0 Å². The van der Waals surface area contributed by atoms with Crippen molar-refractivity contribution in [1.82, 2.24) is 19.5 Å². The molecule has 86 valence electrons. The first-order chi connectivity index (χ1) is 6.96. The van der Waals surface area contributed by atoms with Crippen LogP contribution >= 0.6 is 0 Å². The molecule has 0 aliphatic rings. The van der Waals surface area contributed by atoms with Gasteiger partial charge in [0.2, 0.25) is 10.0 Å². The van der Waals surface area contributed by atoms with Gasteiger partial charge in [-0.2, -0.15) is 0 Å². The maximum Gasteiger partial charge on any atom is 0.213 e. The van der Waals surface area contributed by atoms with Crippen molar-refractivity contribution in [3.8, 4) is 0 Å². The molecule has 0 aliphatic carbocycles. The number of nitrogens with one attached hydrogen (secondary N) is 1. The topological polar surface area (TPSA) is 103 Å². The molecule has 1 rings (SSSR count). The molecule has 0 radical (unpaired) electrons. The summed E-state index contributed by atoms with van der Waals surface area (Å²) in [6.07, 6.45) is 1.52. The highest BCUT2D eigenvalue weighted by molar-refractivity contribution is 7.89. The Balaban J connectivity index is 2.72. The quantitative estimate of drug-likeness (QED) is 0.661. The van der Waals surface area contributed by atoms with E-state index in [0.29, 0.717) is 5.82 Å². The van der Waals surface area contributed by atoms with Gasteiger partial charge in [0.05, 0.1) is 11.8 Å². The number of hydrogen-bond acceptors (Lipinski definition) is 5. The van der Waals surface area contributed by atoms with Crippen LogP contribution in [-0.4, -0.2) is 35.5 Å². The van der Waals surface area contributed by atoms with Gasteiger partial charge in [0.15, 0.2) is 0 Å². The molecule has 1 atom stereocenters. The summed E-state index contributed by atoms with van der Waals surface area (Å²) in [4.78, 5) is 0. The van der Waals surface area contributed by atoms with E-state index in [1.54, 1.807) is 18.5 Å². The van der Waals surface area contributed by atoms with Gasteiger partial charge in [-0.1, -0.05) is 0 Å². The lowest BCUT2D eigenvalue weighted by Gasteiger charge is -2.12. The molecule has 1 aromatic heterocycles. The molecule has 0 fully saturated rings. The molecule has 3 N–H and O–H groups in total. The van der Waals surface area contributed by atoms with Gasteiger partial charge in [-0.05, 0) is 6.92 Å². The second-order valence-corrected chi connectivity index (χ2v) is 5.12. The fourth-order valence-electron chi connectivity index (χ4n) is 1.22. The Bertz CT molecular complexity index is 413. The summed E-state index contributed by atoms with van der Waals surface area (Å²) < 4.78 is 26.9. The maximum atomic E-state index is 11.4. The third kappa shape index (κ3) is 3.26. The first-order valence-corrected chi connectivity index (χ1v) is 6.15. The van der Waals surface area contributed by atoms with E-state index in [1.165, 1.54) is 6.33 Å². The standard InChI is InChI=1S/C7H15N5O2S/c1-6(7-10-9-5-12(7)2)11-15(13,14)4-3-8/h5-6,11H,3-4,8H2,1-2H3. The summed E-state index contributed by atoms with van der Waals surface area (Å²) in [7, 11) is -1.58. The van der Waals surface area contributed by atoms with Crippen LogP contribution in [0, 0.1) is 0 Å². The average Bonchev–Trinajstić information content (AvgIpc) is 2.50. The summed E-state index contributed by atoms with van der Waals surface area (Å²) in [5.74, 6) is 0.477. The number of nitrogens with zero attached hydrogens (tertiary/aromatic N) is 3. The molecule has 0 saturated carbocycles. The van der Waals surface area contributed by atoms with Gasteiger partial charge in [-0.15, -0.1) is 10.2 Å². The van der Waals surface area contributed by atoms with Gasteiger partial charge in [0.25, 0.3) is 0 Å². The van der Waals surface area contributed by atoms with Crippen LogP contribution in [0.2, 0.25) is 0 Å². The minimum atomic E-state index is -3.33. The molecular weight excluding hydrogens is 218 g/mol. The Hall–Kier alpha value is -0.990. The number of nitrogens with two attached hydrogens (primary N) is 1. The highest BCUT2D eigenvalue weighted by Crippen LogP contribution is 2.08. The molecule has 1 heterocycles. The van der Waals surface area contributed by atoms with Crippen LogP contribution < -0.4 is 10.5 Å². The van der Waals surface area contributed by atoms with Crippen molar-refractivity contribution in [2.75, 3.05) is 12.3 Å². The normalized spacial score (nSPS) is 14.1. The summed E-state index contributed by atoms with van der Waals surface area (Å²) in [5, 5.41) is 7.49. The fourth-order valence-corrected chi connectivity index (χ4v) is 2.29. The van der Waals surface area contributed by atoms with E-state index >= 15 is 0 Å². The van der Waals surface area contributed by atoms with Crippen molar-refractivity contribution >= 4 is 10.0 Å². The lowest BCUT2D eigenvalue weighted by molar-refractivity contribution is 0.553. The van der Waals surface area contributed by atoms with Crippen molar-refractivity contribution in [3.63, 3.8) is 0 Å². The predicted molar refractivity (Wildman–Crippen MR) is 55.4 cm³/mol. The number of aryl methyl sites for hydroxylation is 1. The average molecular weight is 233 g/mol. The number of hydrogen-bond donors (Lipinski definition) is 2. The van der Waals surface area contributed by atoms with Crippen LogP contribution in [0.4, 0.5) is 0 Å². The lowest BCUT2D eigenvalue weighted by atomic mass is 10.3. The fraction of sp³-hybridized carbons (Fsp3) is 0.714. The van der Waals surface area contributed by atoms with Crippen molar-refractivity contribution < 1.29 is 8.42 Å². The van der Waals surface area contributed by atoms with Crippen LogP contribution in [-0.2, 0) is 17.1 Å². The molecule has 0 aromatic carbocycles. The Morgan fingerprint density at radius 3 is 2.80 bits per heavy atom. The van der Waals surface area contributed by atoms with Crippen LogP contribution in [0.1, 0.15) is 18.8 Å². The van der Waals surface area contributed by atoms with E-state index in [9.17, 15) is 8.42 Å². The molecule has 8 heteroatoms. The van der Waals surface area contributed by atoms with Crippen LogP contribution in [0.15, 0.2) is 6.33 Å². The molecule has 0 bridgehead atoms. The van der Waals surface area contributed by atoms with E-state index in [1.807, 2.05) is 0 Å². The smallest absolute Gasteiger partial charge is 0.213 e. The molecule has 1 aromatic rings. The van der Waals surface area contributed by atoms with Crippen LogP contribution in [0.5, 0.6) is 0 Å². The van der Waals surface area contributed by atoms with Gasteiger partial charge in [0, 0.05) is 13.6 Å². The lowest BCUT2D eigenvalue weighted by Crippen LogP contribution is -2.32. The molecule has 0 aliphatic heterocycles. The Labute approximate surface area is 88.7 Å². The molecule has 0 saturated heterocycles. The molecule has 1 unspecified atom stereocenters. The third-order valence-electron chi connectivity index (χ3n) is 1.88. The second kappa shape index (κ2) is 4.69. The summed E-state index contributed by atoms with van der Waals surface area (Å²) in [6, 6.07) is -0.408. The first kappa shape index (κ1) is 12.1. The predicted octanol–water partition coefficient (Wildman–Crippen LogP) is -1.25. The zero-order valence-corrected chi connectivity index (χ0v) is 9.53. The van der Waals surface area contributed by atoms with Gasteiger partial charge in [0.1, 0.15) is 12.2 Å². The molecular formula is C7H15N5O2S. The molecule has 0 amide bonds. The zero-order chi connectivity index (χ0) is 11.5. The summed E-state index contributed by atoms with van der Waals surface area (Å²) >= 11 is 0. The van der Waals surface area contributed by atoms with Gasteiger partial charge in [-0.25, -0.2) is 13.1 Å². The van der Waals surface area contributed by atoms with Crippen LogP contribution in [0.3, 0.4) is 0 Å². The SMILES string of the molecule is CC(NS(=O)(=O)CCN)c1nncn1C. The van der Waals surface area contributed by atoms with E-state index in [-0.39, 0.29) is 12.3 Å². The highest BCUT2D eigenvalue weighted by Gasteiger charge is 2.18. The molecule has 0 spiro atoms. The second-order valence-electron chi connectivity index (χ2n) is 3.25. The van der Waals surface area contributed by atoms with Crippen molar-refractivity contribution in [3.05, 3.63) is 12.2 Å². The third-order valence-corrected chi connectivity index (χ3v) is 3.36. The van der Waals surface area contributed by atoms with Crippen LogP contribution in [0.25, 0.3) is 0 Å². The highest BCUT2D eigenvalue weighted by atomic mass is 32.2. The first-order valence-electron chi connectivity index (χ1n) is 4.50. The van der Waals surface area contributed by atoms with Crippen molar-refractivity contribution in [2.24, 2.45) is 12.8 Å². The van der Waals surface area contributed by atoms with Gasteiger partial charge in [-0.3, -0.25) is 0 Å². The monoisotopic (exact) mass is 233 g/mol. The Kier molecular flexibility index (Phi) is 3.77. The Morgan fingerprint density at radius 2 is 2.33 bits per heavy atom. The zero-order valence-electron chi connectivity index (χ0n) is 8.71. The molecule has 7 nitrogen and oxygen atoms in total. The largest absolute Gasteiger partial charge is 0.329 e. The Morgan fingerprint density at radius 1 is 1.67 bits per heavy atom.